The van der Waals surface area contributed by atoms with Gasteiger partial charge in [0, 0.05) is 17.2 Å². The summed E-state index contributed by atoms with van der Waals surface area (Å²) in [5, 5.41) is 3.11. The van der Waals surface area contributed by atoms with Crippen LogP contribution >= 0.6 is 11.8 Å². The van der Waals surface area contributed by atoms with Gasteiger partial charge in [0.1, 0.15) is 0 Å². The number of hydrogen-bond acceptors (Lipinski definition) is 4. The fraction of sp³-hybridized carbons (Fsp3) is 0.455. The van der Waals surface area contributed by atoms with Crippen LogP contribution in [-0.2, 0) is 0 Å². The highest BCUT2D eigenvalue weighted by Crippen LogP contribution is 2.31. The zero-order valence-electron chi connectivity index (χ0n) is 9.37. The summed E-state index contributed by atoms with van der Waals surface area (Å²) in [5.41, 5.74) is 0. The molecule has 0 aromatic heterocycles. The summed E-state index contributed by atoms with van der Waals surface area (Å²) >= 11 is 1.80. The molecule has 0 bridgehead atoms. The first kappa shape index (κ1) is 12.2. The second-order valence-corrected chi connectivity index (χ2v) is 4.14. The molecule has 0 saturated heterocycles. The maximum atomic E-state index is 5.23. The number of ether oxygens (including phenoxy) is 2. The predicted molar refractivity (Wildman–Crippen MR) is 64.2 cm³/mol. The Hall–Kier alpha value is -0.870. The van der Waals surface area contributed by atoms with Crippen molar-refractivity contribution in [3.8, 4) is 11.5 Å². The molecule has 0 radical (unpaired) electrons. The topological polar surface area (TPSA) is 30.5 Å². The lowest BCUT2D eigenvalue weighted by Crippen LogP contribution is -2.09. The van der Waals surface area contributed by atoms with Crippen molar-refractivity contribution in [1.29, 1.82) is 0 Å². The summed E-state index contributed by atoms with van der Waals surface area (Å²) in [6.07, 6.45) is 0. The van der Waals surface area contributed by atoms with Gasteiger partial charge in [-0.1, -0.05) is 0 Å². The maximum Gasteiger partial charge on any atom is 0.161 e. The number of nitrogens with one attached hydrogen (secondary N) is 1. The van der Waals surface area contributed by atoms with Crippen LogP contribution < -0.4 is 14.8 Å². The van der Waals surface area contributed by atoms with Gasteiger partial charge in [-0.15, -0.1) is 11.8 Å². The molecule has 0 fully saturated rings. The average Bonchev–Trinajstić information content (AvgIpc) is 2.29. The Labute approximate surface area is 95.2 Å². The van der Waals surface area contributed by atoms with E-state index in [0.29, 0.717) is 0 Å². The average molecular weight is 227 g/mol. The normalized spacial score (nSPS) is 10.1. The monoisotopic (exact) mass is 227 g/mol. The van der Waals surface area contributed by atoms with E-state index >= 15 is 0 Å². The third kappa shape index (κ3) is 3.64. The van der Waals surface area contributed by atoms with Crippen LogP contribution in [0, 0.1) is 0 Å². The van der Waals surface area contributed by atoms with Crippen molar-refractivity contribution in [1.82, 2.24) is 5.32 Å². The van der Waals surface area contributed by atoms with Gasteiger partial charge in [0.2, 0.25) is 0 Å². The summed E-state index contributed by atoms with van der Waals surface area (Å²) < 4.78 is 10.4. The fourth-order valence-corrected chi connectivity index (χ4v) is 2.07. The van der Waals surface area contributed by atoms with E-state index in [1.807, 2.05) is 25.2 Å². The second-order valence-electron chi connectivity index (χ2n) is 2.97. The van der Waals surface area contributed by atoms with Crippen LogP contribution in [-0.4, -0.2) is 33.6 Å². The third-order valence-corrected chi connectivity index (χ3v) is 2.97. The second kappa shape index (κ2) is 6.58. The van der Waals surface area contributed by atoms with Crippen LogP contribution in [0.5, 0.6) is 11.5 Å². The number of benzene rings is 1. The fourth-order valence-electron chi connectivity index (χ4n) is 1.18. The van der Waals surface area contributed by atoms with Crippen LogP contribution in [0.25, 0.3) is 0 Å². The van der Waals surface area contributed by atoms with Crippen molar-refractivity contribution < 1.29 is 9.47 Å². The van der Waals surface area contributed by atoms with E-state index in [4.69, 9.17) is 9.47 Å². The SMILES string of the molecule is CNCCSc1ccc(OC)c(OC)c1. The Morgan fingerprint density at radius 2 is 1.93 bits per heavy atom. The Morgan fingerprint density at radius 3 is 2.53 bits per heavy atom. The molecular formula is C11H17NO2S. The smallest absolute Gasteiger partial charge is 0.161 e. The molecule has 1 aromatic rings. The van der Waals surface area contributed by atoms with Gasteiger partial charge in [0.25, 0.3) is 0 Å². The minimum absolute atomic E-state index is 0.774. The van der Waals surface area contributed by atoms with Crippen molar-refractivity contribution >= 4 is 11.8 Å². The molecule has 0 aliphatic heterocycles. The van der Waals surface area contributed by atoms with Crippen LogP contribution in [0.15, 0.2) is 23.1 Å². The summed E-state index contributed by atoms with van der Waals surface area (Å²) in [5.74, 6) is 2.61. The Kier molecular flexibility index (Phi) is 5.36. The molecule has 1 rings (SSSR count). The first-order valence-corrected chi connectivity index (χ1v) is 5.79. The van der Waals surface area contributed by atoms with Crippen LogP contribution in [0.1, 0.15) is 0 Å². The Bertz CT molecular complexity index is 305. The lowest BCUT2D eigenvalue weighted by molar-refractivity contribution is 0.354. The third-order valence-electron chi connectivity index (χ3n) is 1.98. The van der Waals surface area contributed by atoms with Crippen molar-refractivity contribution in [2.75, 3.05) is 33.6 Å². The number of methoxy groups -OCH3 is 2. The quantitative estimate of drug-likeness (QED) is 0.595. The summed E-state index contributed by atoms with van der Waals surface area (Å²) in [4.78, 5) is 1.20. The molecule has 1 N–H and O–H groups in total. The van der Waals surface area contributed by atoms with E-state index < -0.39 is 0 Å². The van der Waals surface area contributed by atoms with Gasteiger partial charge in [-0.25, -0.2) is 0 Å². The molecule has 0 atom stereocenters. The van der Waals surface area contributed by atoms with Crippen LogP contribution in [0.3, 0.4) is 0 Å². The molecule has 15 heavy (non-hydrogen) atoms. The molecule has 84 valence electrons. The molecule has 0 aliphatic rings. The van der Waals surface area contributed by atoms with Crippen molar-refractivity contribution in [2.45, 2.75) is 4.90 Å². The highest BCUT2D eigenvalue weighted by atomic mass is 32.2. The molecule has 0 unspecified atom stereocenters. The highest BCUT2D eigenvalue weighted by molar-refractivity contribution is 7.99. The molecule has 3 nitrogen and oxygen atoms in total. The largest absolute Gasteiger partial charge is 0.493 e. The maximum absolute atomic E-state index is 5.23. The zero-order valence-corrected chi connectivity index (χ0v) is 10.2. The number of hydrogen-bond donors (Lipinski definition) is 1. The molecule has 1 aromatic carbocycles. The van der Waals surface area contributed by atoms with Crippen molar-refractivity contribution in [2.24, 2.45) is 0 Å². The minimum atomic E-state index is 0.774. The standard InChI is InChI=1S/C11H17NO2S/c1-12-6-7-15-9-4-5-10(13-2)11(8-9)14-3/h4-5,8,12H,6-7H2,1-3H3. The van der Waals surface area contributed by atoms with Gasteiger partial charge in [0.05, 0.1) is 14.2 Å². The van der Waals surface area contributed by atoms with Gasteiger partial charge in [-0.2, -0.15) is 0 Å². The zero-order chi connectivity index (χ0) is 11.1. The summed E-state index contributed by atoms with van der Waals surface area (Å²) in [6, 6.07) is 5.97. The molecule has 4 heteroatoms. The van der Waals surface area contributed by atoms with E-state index in [1.165, 1.54) is 4.90 Å². The van der Waals surface area contributed by atoms with Gasteiger partial charge >= 0.3 is 0 Å². The Balaban J connectivity index is 2.66. The lowest BCUT2D eigenvalue weighted by Gasteiger charge is -2.09. The van der Waals surface area contributed by atoms with E-state index in [1.54, 1.807) is 26.0 Å². The number of thioether (sulfide) groups is 1. The van der Waals surface area contributed by atoms with E-state index in [0.717, 1.165) is 23.8 Å². The van der Waals surface area contributed by atoms with Crippen LogP contribution in [0.4, 0.5) is 0 Å². The van der Waals surface area contributed by atoms with E-state index in [2.05, 4.69) is 5.32 Å². The lowest BCUT2D eigenvalue weighted by atomic mass is 10.3. The minimum Gasteiger partial charge on any atom is -0.493 e. The molecule has 0 spiro atoms. The highest BCUT2D eigenvalue weighted by Gasteiger charge is 2.04. The molecule has 0 amide bonds. The van der Waals surface area contributed by atoms with Gasteiger partial charge in [0.15, 0.2) is 11.5 Å². The number of rotatable bonds is 6. The van der Waals surface area contributed by atoms with E-state index in [9.17, 15) is 0 Å². The first-order valence-electron chi connectivity index (χ1n) is 4.81. The predicted octanol–water partition coefficient (Wildman–Crippen LogP) is 2.02. The van der Waals surface area contributed by atoms with Crippen LogP contribution in [0.2, 0.25) is 0 Å². The molecule has 0 aliphatic carbocycles. The van der Waals surface area contributed by atoms with Gasteiger partial charge < -0.3 is 14.8 Å². The van der Waals surface area contributed by atoms with Crippen molar-refractivity contribution in [3.05, 3.63) is 18.2 Å². The summed E-state index contributed by atoms with van der Waals surface area (Å²) in [7, 11) is 5.25. The van der Waals surface area contributed by atoms with Gasteiger partial charge in [-0.05, 0) is 25.2 Å². The first-order chi connectivity index (χ1) is 7.31. The van der Waals surface area contributed by atoms with E-state index in [-0.39, 0.29) is 0 Å². The van der Waals surface area contributed by atoms with Gasteiger partial charge in [-0.3, -0.25) is 0 Å². The Morgan fingerprint density at radius 1 is 1.20 bits per heavy atom. The molecule has 0 heterocycles. The van der Waals surface area contributed by atoms with Crippen molar-refractivity contribution in [3.63, 3.8) is 0 Å². The molecular weight excluding hydrogens is 210 g/mol. The molecule has 0 saturated carbocycles. The summed E-state index contributed by atoms with van der Waals surface area (Å²) in [6.45, 7) is 0.999.